The van der Waals surface area contributed by atoms with Gasteiger partial charge in [0.25, 0.3) is 11.6 Å². The molecule has 1 aliphatic carbocycles. The summed E-state index contributed by atoms with van der Waals surface area (Å²) in [5.41, 5.74) is 0.0961. The smallest absolute Gasteiger partial charge is 0.270 e. The second-order valence-corrected chi connectivity index (χ2v) is 7.12. The number of hydrogen-bond donors (Lipinski definition) is 2. The number of hydrogen-bond acceptors (Lipinski definition) is 5. The fourth-order valence-electron chi connectivity index (χ4n) is 3.78. The Labute approximate surface area is 147 Å². The fourth-order valence-corrected chi connectivity index (χ4v) is 3.78. The Hall–Kier alpha value is -2.15. The third-order valence-electron chi connectivity index (χ3n) is 5.24. The van der Waals surface area contributed by atoms with Gasteiger partial charge in [-0.2, -0.15) is 0 Å². The van der Waals surface area contributed by atoms with Crippen LogP contribution in [-0.2, 0) is 0 Å². The fraction of sp³-hybridized carbons (Fsp3) is 0.611. The Kier molecular flexibility index (Phi) is 5.22. The number of nitrogens with one attached hydrogen (secondary N) is 1. The van der Waals surface area contributed by atoms with E-state index in [1.54, 1.807) is 6.07 Å². The Morgan fingerprint density at radius 2 is 1.88 bits per heavy atom. The van der Waals surface area contributed by atoms with Crippen molar-refractivity contribution in [3.05, 3.63) is 33.9 Å². The van der Waals surface area contributed by atoms with Gasteiger partial charge in [0.2, 0.25) is 0 Å². The van der Waals surface area contributed by atoms with Crippen LogP contribution in [0.2, 0.25) is 0 Å². The second kappa shape index (κ2) is 7.39. The van der Waals surface area contributed by atoms with Crippen LogP contribution in [0.25, 0.3) is 0 Å². The molecule has 2 N–H and O–H groups in total. The molecule has 1 aliphatic heterocycles. The number of carbonyl (C=O) groups is 1. The Balaban J connectivity index is 1.79. The standard InChI is InChI=1S/C18H25N3O4/c22-17(19-13-18(23)8-2-1-3-9-18)15-12-14(21(24)25)6-7-16(15)20-10-4-5-11-20/h6-7,12,23H,1-5,8-11,13H2,(H,19,22). The van der Waals surface area contributed by atoms with Crippen LogP contribution in [0.4, 0.5) is 11.4 Å². The van der Waals surface area contributed by atoms with Crippen molar-refractivity contribution in [2.75, 3.05) is 24.5 Å². The average Bonchev–Trinajstić information content (AvgIpc) is 3.14. The highest BCUT2D eigenvalue weighted by molar-refractivity contribution is 6.00. The zero-order valence-electron chi connectivity index (χ0n) is 14.4. The van der Waals surface area contributed by atoms with Gasteiger partial charge in [-0.1, -0.05) is 19.3 Å². The summed E-state index contributed by atoms with van der Waals surface area (Å²) in [6.07, 6.45) is 6.50. The Morgan fingerprint density at radius 3 is 2.52 bits per heavy atom. The number of nitro groups is 1. The lowest BCUT2D eigenvalue weighted by atomic mass is 9.85. The van der Waals surface area contributed by atoms with Gasteiger partial charge in [-0.15, -0.1) is 0 Å². The topological polar surface area (TPSA) is 95.7 Å². The van der Waals surface area contributed by atoms with Gasteiger partial charge >= 0.3 is 0 Å². The normalized spacial score (nSPS) is 19.6. The van der Waals surface area contributed by atoms with Gasteiger partial charge in [0.15, 0.2) is 0 Å². The van der Waals surface area contributed by atoms with Crippen LogP contribution in [0.1, 0.15) is 55.3 Å². The number of rotatable bonds is 5. The number of non-ortho nitro benzene ring substituents is 1. The van der Waals surface area contributed by atoms with Gasteiger partial charge in [0.05, 0.1) is 21.8 Å². The van der Waals surface area contributed by atoms with E-state index in [4.69, 9.17) is 0 Å². The van der Waals surface area contributed by atoms with Gasteiger partial charge in [-0.05, 0) is 31.7 Å². The van der Waals surface area contributed by atoms with E-state index >= 15 is 0 Å². The Morgan fingerprint density at radius 1 is 1.20 bits per heavy atom. The van der Waals surface area contributed by atoms with Gasteiger partial charge in [-0.3, -0.25) is 14.9 Å². The number of carbonyl (C=O) groups excluding carboxylic acids is 1. The first-order valence-corrected chi connectivity index (χ1v) is 9.02. The van der Waals surface area contributed by atoms with Crippen molar-refractivity contribution in [2.24, 2.45) is 0 Å². The predicted molar refractivity (Wildman–Crippen MR) is 94.9 cm³/mol. The molecular formula is C18H25N3O4. The third kappa shape index (κ3) is 4.10. The van der Waals surface area contributed by atoms with Gasteiger partial charge < -0.3 is 15.3 Å². The van der Waals surface area contributed by atoms with Crippen molar-refractivity contribution < 1.29 is 14.8 Å². The van der Waals surface area contributed by atoms with Crippen molar-refractivity contribution >= 4 is 17.3 Å². The molecule has 1 saturated carbocycles. The highest BCUT2D eigenvalue weighted by Gasteiger charge is 2.30. The maximum atomic E-state index is 12.7. The third-order valence-corrected chi connectivity index (χ3v) is 5.24. The summed E-state index contributed by atoms with van der Waals surface area (Å²) in [4.78, 5) is 25.4. The van der Waals surface area contributed by atoms with E-state index in [0.29, 0.717) is 18.4 Å². The van der Waals surface area contributed by atoms with Crippen molar-refractivity contribution in [2.45, 2.75) is 50.5 Å². The SMILES string of the molecule is O=C(NCC1(O)CCCCC1)c1cc([N+](=O)[O-])ccc1N1CCCC1. The van der Waals surface area contributed by atoms with Crippen LogP contribution in [0.15, 0.2) is 18.2 Å². The first-order chi connectivity index (χ1) is 12.0. The summed E-state index contributed by atoms with van der Waals surface area (Å²) in [6.45, 7) is 1.89. The van der Waals surface area contributed by atoms with Crippen LogP contribution in [0, 0.1) is 10.1 Å². The molecule has 1 heterocycles. The highest BCUT2D eigenvalue weighted by atomic mass is 16.6. The van der Waals surface area contributed by atoms with Crippen molar-refractivity contribution in [1.82, 2.24) is 5.32 Å². The highest BCUT2D eigenvalue weighted by Crippen LogP contribution is 2.30. The van der Waals surface area contributed by atoms with Gasteiger partial charge in [0.1, 0.15) is 0 Å². The van der Waals surface area contributed by atoms with Crippen molar-refractivity contribution in [3.63, 3.8) is 0 Å². The minimum atomic E-state index is -0.859. The van der Waals surface area contributed by atoms with E-state index in [-0.39, 0.29) is 18.1 Å². The van der Waals surface area contributed by atoms with Gasteiger partial charge in [0, 0.05) is 31.8 Å². The molecule has 136 valence electrons. The molecule has 1 saturated heterocycles. The van der Waals surface area contributed by atoms with Crippen LogP contribution in [-0.4, -0.2) is 41.2 Å². The number of aliphatic hydroxyl groups is 1. The van der Waals surface area contributed by atoms with E-state index < -0.39 is 10.5 Å². The summed E-state index contributed by atoms with van der Waals surface area (Å²) < 4.78 is 0. The minimum Gasteiger partial charge on any atom is -0.388 e. The molecule has 7 nitrogen and oxygen atoms in total. The minimum absolute atomic E-state index is 0.0931. The maximum absolute atomic E-state index is 12.7. The number of nitro benzene ring substituents is 1. The molecule has 25 heavy (non-hydrogen) atoms. The van der Waals surface area contributed by atoms with E-state index in [2.05, 4.69) is 10.2 Å². The summed E-state index contributed by atoms with van der Waals surface area (Å²) in [5.74, 6) is -0.357. The molecule has 0 atom stereocenters. The quantitative estimate of drug-likeness (QED) is 0.630. The lowest BCUT2D eigenvalue weighted by Crippen LogP contribution is -2.44. The summed E-state index contributed by atoms with van der Waals surface area (Å²) in [7, 11) is 0. The molecule has 2 fully saturated rings. The maximum Gasteiger partial charge on any atom is 0.270 e. The second-order valence-electron chi connectivity index (χ2n) is 7.12. The predicted octanol–water partition coefficient (Wildman–Crippen LogP) is 2.62. The number of amides is 1. The molecule has 0 aromatic heterocycles. The molecule has 3 rings (SSSR count). The molecule has 7 heteroatoms. The number of nitrogens with zero attached hydrogens (tertiary/aromatic N) is 2. The van der Waals surface area contributed by atoms with E-state index in [1.165, 1.54) is 12.1 Å². The van der Waals surface area contributed by atoms with E-state index in [1.807, 2.05) is 0 Å². The molecular weight excluding hydrogens is 322 g/mol. The van der Waals surface area contributed by atoms with Crippen molar-refractivity contribution in [3.8, 4) is 0 Å². The molecule has 1 aromatic carbocycles. The molecule has 0 unspecified atom stereocenters. The number of anilines is 1. The summed E-state index contributed by atoms with van der Waals surface area (Å²) in [5, 5.41) is 24.4. The molecule has 2 aliphatic rings. The molecule has 0 spiro atoms. The summed E-state index contributed by atoms with van der Waals surface area (Å²) in [6, 6.07) is 4.45. The van der Waals surface area contributed by atoms with Crippen LogP contribution in [0.5, 0.6) is 0 Å². The molecule has 0 radical (unpaired) electrons. The van der Waals surface area contributed by atoms with Gasteiger partial charge in [-0.25, -0.2) is 0 Å². The van der Waals surface area contributed by atoms with Crippen molar-refractivity contribution in [1.29, 1.82) is 0 Å². The first-order valence-electron chi connectivity index (χ1n) is 9.02. The Bertz CT molecular complexity index is 650. The summed E-state index contributed by atoms with van der Waals surface area (Å²) >= 11 is 0. The van der Waals surface area contributed by atoms with Crippen LogP contribution in [0.3, 0.4) is 0 Å². The largest absolute Gasteiger partial charge is 0.388 e. The molecule has 1 aromatic rings. The van der Waals surface area contributed by atoms with E-state index in [9.17, 15) is 20.0 Å². The van der Waals surface area contributed by atoms with Crippen LogP contribution < -0.4 is 10.2 Å². The zero-order chi connectivity index (χ0) is 17.9. The van der Waals surface area contributed by atoms with Crippen LogP contribution >= 0.6 is 0 Å². The lowest BCUT2D eigenvalue weighted by Gasteiger charge is -2.32. The lowest BCUT2D eigenvalue weighted by molar-refractivity contribution is -0.384. The molecule has 1 amide bonds. The molecule has 0 bridgehead atoms. The van der Waals surface area contributed by atoms with E-state index in [0.717, 1.165) is 50.9 Å². The monoisotopic (exact) mass is 347 g/mol. The number of benzene rings is 1. The first kappa shape index (κ1) is 17.7. The zero-order valence-corrected chi connectivity index (χ0v) is 14.4. The average molecular weight is 347 g/mol.